The van der Waals surface area contributed by atoms with Gasteiger partial charge in [-0.3, -0.25) is 9.59 Å². The standard InChI is InChI=1S/C18H20FN3O3/c1-11(9-16(23)24)20-18(25)17-14-7-2-3-8-15(14)22(21-17)13-6-4-5-12(19)10-13/h4-6,10-11H,2-3,7-9H2,1H3,(H,20,25)(H,23,24). The lowest BCUT2D eigenvalue weighted by atomic mass is 9.95. The summed E-state index contributed by atoms with van der Waals surface area (Å²) in [5, 5.41) is 15.9. The van der Waals surface area contributed by atoms with Gasteiger partial charge in [0.25, 0.3) is 5.91 Å². The summed E-state index contributed by atoms with van der Waals surface area (Å²) < 4.78 is 15.2. The van der Waals surface area contributed by atoms with Crippen LogP contribution in [0.15, 0.2) is 24.3 Å². The van der Waals surface area contributed by atoms with Crippen molar-refractivity contribution in [3.05, 3.63) is 47.0 Å². The average Bonchev–Trinajstić information content (AvgIpc) is 2.93. The molecule has 0 saturated heterocycles. The molecule has 1 aliphatic carbocycles. The molecule has 0 saturated carbocycles. The highest BCUT2D eigenvalue weighted by molar-refractivity contribution is 5.94. The summed E-state index contributed by atoms with van der Waals surface area (Å²) in [7, 11) is 0. The van der Waals surface area contributed by atoms with Crippen molar-refractivity contribution in [2.45, 2.75) is 45.1 Å². The molecule has 2 aromatic rings. The summed E-state index contributed by atoms with van der Waals surface area (Å²) in [6, 6.07) is 5.61. The topological polar surface area (TPSA) is 84.2 Å². The van der Waals surface area contributed by atoms with Crippen LogP contribution in [0.4, 0.5) is 4.39 Å². The van der Waals surface area contributed by atoms with E-state index in [1.54, 1.807) is 23.7 Å². The van der Waals surface area contributed by atoms with Crippen molar-refractivity contribution in [3.8, 4) is 5.69 Å². The number of carbonyl (C=O) groups excluding carboxylic acids is 1. The van der Waals surface area contributed by atoms with Crippen molar-refractivity contribution >= 4 is 11.9 Å². The Morgan fingerprint density at radius 3 is 2.84 bits per heavy atom. The maximum absolute atomic E-state index is 13.6. The Labute approximate surface area is 144 Å². The minimum absolute atomic E-state index is 0.154. The van der Waals surface area contributed by atoms with Crippen LogP contribution in [-0.4, -0.2) is 32.8 Å². The largest absolute Gasteiger partial charge is 0.481 e. The van der Waals surface area contributed by atoms with Crippen molar-refractivity contribution in [1.82, 2.24) is 15.1 Å². The van der Waals surface area contributed by atoms with Gasteiger partial charge in [-0.2, -0.15) is 5.10 Å². The number of fused-ring (bicyclic) bond motifs is 1. The number of rotatable bonds is 5. The van der Waals surface area contributed by atoms with Gasteiger partial charge in [0.05, 0.1) is 12.1 Å². The number of aromatic nitrogens is 2. The van der Waals surface area contributed by atoms with Gasteiger partial charge in [-0.25, -0.2) is 9.07 Å². The molecule has 1 heterocycles. The van der Waals surface area contributed by atoms with Gasteiger partial charge in [0, 0.05) is 17.3 Å². The SMILES string of the molecule is CC(CC(=O)O)NC(=O)c1nn(-c2cccc(F)c2)c2c1CCCC2. The molecular weight excluding hydrogens is 325 g/mol. The van der Waals surface area contributed by atoms with Gasteiger partial charge in [-0.15, -0.1) is 0 Å². The fourth-order valence-corrected chi connectivity index (χ4v) is 3.21. The van der Waals surface area contributed by atoms with Crippen molar-refractivity contribution < 1.29 is 19.1 Å². The highest BCUT2D eigenvalue weighted by Gasteiger charge is 2.26. The molecule has 1 aliphatic rings. The van der Waals surface area contributed by atoms with E-state index in [4.69, 9.17) is 5.11 Å². The van der Waals surface area contributed by atoms with Crippen molar-refractivity contribution in [3.63, 3.8) is 0 Å². The second-order valence-electron chi connectivity index (χ2n) is 6.35. The fourth-order valence-electron chi connectivity index (χ4n) is 3.21. The summed E-state index contributed by atoms with van der Waals surface area (Å²) in [6.07, 6.45) is 3.31. The fraction of sp³-hybridized carbons (Fsp3) is 0.389. The minimum Gasteiger partial charge on any atom is -0.481 e. The Morgan fingerprint density at radius 2 is 2.12 bits per heavy atom. The molecule has 25 heavy (non-hydrogen) atoms. The van der Waals surface area contributed by atoms with Crippen molar-refractivity contribution in [2.24, 2.45) is 0 Å². The predicted molar refractivity (Wildman–Crippen MR) is 89.3 cm³/mol. The summed E-state index contributed by atoms with van der Waals surface area (Å²) in [5.41, 5.74) is 2.68. The number of amides is 1. The lowest BCUT2D eigenvalue weighted by Crippen LogP contribution is -2.35. The van der Waals surface area contributed by atoms with Crippen molar-refractivity contribution in [2.75, 3.05) is 0 Å². The van der Waals surface area contributed by atoms with Crippen LogP contribution in [0.3, 0.4) is 0 Å². The van der Waals surface area contributed by atoms with Gasteiger partial charge < -0.3 is 10.4 Å². The van der Waals surface area contributed by atoms with Crippen LogP contribution in [0, 0.1) is 5.82 Å². The van der Waals surface area contributed by atoms with E-state index in [1.807, 2.05) is 0 Å². The number of carboxylic acids is 1. The molecule has 7 heteroatoms. The molecule has 132 valence electrons. The first-order valence-electron chi connectivity index (χ1n) is 8.35. The molecule has 2 N–H and O–H groups in total. The maximum Gasteiger partial charge on any atom is 0.305 e. The Hall–Kier alpha value is -2.70. The zero-order valence-electron chi connectivity index (χ0n) is 14.0. The number of halogens is 1. The zero-order chi connectivity index (χ0) is 18.0. The molecule has 1 aromatic heterocycles. The van der Waals surface area contributed by atoms with E-state index in [9.17, 15) is 14.0 Å². The number of aliphatic carboxylic acids is 1. The van der Waals surface area contributed by atoms with Crippen molar-refractivity contribution in [1.29, 1.82) is 0 Å². The summed E-state index contributed by atoms with van der Waals surface area (Å²) in [6.45, 7) is 1.64. The number of hydrogen-bond acceptors (Lipinski definition) is 3. The molecule has 0 radical (unpaired) electrons. The zero-order valence-corrected chi connectivity index (χ0v) is 14.0. The quantitative estimate of drug-likeness (QED) is 0.872. The smallest absolute Gasteiger partial charge is 0.305 e. The Kier molecular flexibility index (Phi) is 4.83. The highest BCUT2D eigenvalue weighted by atomic mass is 19.1. The highest BCUT2D eigenvalue weighted by Crippen LogP contribution is 2.27. The van der Waals surface area contributed by atoms with E-state index in [0.717, 1.165) is 36.9 Å². The number of nitrogens with zero attached hydrogens (tertiary/aromatic N) is 2. The van der Waals surface area contributed by atoms with Crippen LogP contribution >= 0.6 is 0 Å². The Balaban J connectivity index is 1.95. The Bertz CT molecular complexity index is 816. The second kappa shape index (κ2) is 7.04. The molecule has 1 aromatic carbocycles. The third-order valence-electron chi connectivity index (χ3n) is 4.31. The Morgan fingerprint density at radius 1 is 1.36 bits per heavy atom. The van der Waals surface area contributed by atoms with Gasteiger partial charge in [0.2, 0.25) is 0 Å². The van der Waals surface area contributed by atoms with Crippen LogP contribution in [0.5, 0.6) is 0 Å². The van der Waals surface area contributed by atoms with E-state index >= 15 is 0 Å². The first-order chi connectivity index (χ1) is 12.0. The van der Waals surface area contributed by atoms with Gasteiger partial charge >= 0.3 is 5.97 Å². The van der Waals surface area contributed by atoms with Crippen LogP contribution in [0.2, 0.25) is 0 Å². The maximum atomic E-state index is 13.6. The summed E-state index contributed by atoms with van der Waals surface area (Å²) in [4.78, 5) is 23.3. The molecule has 0 spiro atoms. The van der Waals surface area contributed by atoms with Gasteiger partial charge in [0.15, 0.2) is 5.69 Å². The molecule has 0 fully saturated rings. The molecule has 0 aliphatic heterocycles. The lowest BCUT2D eigenvalue weighted by molar-refractivity contribution is -0.137. The summed E-state index contributed by atoms with van der Waals surface area (Å²) in [5.74, 6) is -1.72. The number of nitrogens with one attached hydrogen (secondary N) is 1. The normalized spacial score (nSPS) is 14.6. The number of hydrogen-bond donors (Lipinski definition) is 2. The summed E-state index contributed by atoms with van der Waals surface area (Å²) >= 11 is 0. The van der Waals surface area contributed by atoms with E-state index in [2.05, 4.69) is 10.4 Å². The molecule has 3 rings (SSSR count). The third kappa shape index (κ3) is 3.70. The van der Waals surface area contributed by atoms with E-state index in [-0.39, 0.29) is 18.1 Å². The number of carbonyl (C=O) groups is 2. The number of carboxylic acid groups (broad SMARTS) is 1. The molecule has 6 nitrogen and oxygen atoms in total. The minimum atomic E-state index is -0.972. The van der Waals surface area contributed by atoms with Gasteiger partial charge in [-0.05, 0) is 50.8 Å². The second-order valence-corrected chi connectivity index (χ2v) is 6.35. The van der Waals surface area contributed by atoms with Crippen LogP contribution < -0.4 is 5.32 Å². The molecule has 0 bridgehead atoms. The van der Waals surface area contributed by atoms with Crippen LogP contribution in [-0.2, 0) is 17.6 Å². The van der Waals surface area contributed by atoms with E-state index in [0.29, 0.717) is 11.4 Å². The molecular formula is C18H20FN3O3. The predicted octanol–water partition coefficient (Wildman–Crippen LogP) is 2.48. The first-order valence-corrected chi connectivity index (χ1v) is 8.35. The lowest BCUT2D eigenvalue weighted by Gasteiger charge is -2.15. The van der Waals surface area contributed by atoms with Crippen LogP contribution in [0.1, 0.15) is 47.9 Å². The van der Waals surface area contributed by atoms with Crippen LogP contribution in [0.25, 0.3) is 5.69 Å². The molecule has 1 unspecified atom stereocenters. The molecule has 1 atom stereocenters. The van der Waals surface area contributed by atoms with Gasteiger partial charge in [-0.1, -0.05) is 6.07 Å². The third-order valence-corrected chi connectivity index (χ3v) is 4.31. The average molecular weight is 345 g/mol. The van der Waals surface area contributed by atoms with E-state index < -0.39 is 12.0 Å². The molecule has 1 amide bonds. The van der Waals surface area contributed by atoms with Gasteiger partial charge in [0.1, 0.15) is 5.82 Å². The number of benzene rings is 1. The monoisotopic (exact) mass is 345 g/mol. The first kappa shape index (κ1) is 17.1. The van der Waals surface area contributed by atoms with E-state index in [1.165, 1.54) is 12.1 Å².